The average Bonchev–Trinajstić information content (AvgIpc) is 3.38. The van der Waals surface area contributed by atoms with Gasteiger partial charge in [-0.05, 0) is 70.8 Å². The quantitative estimate of drug-likeness (QED) is 0.446. The lowest BCUT2D eigenvalue weighted by Gasteiger charge is -2.46. The Hall–Kier alpha value is -2.39. The van der Waals surface area contributed by atoms with Crippen LogP contribution in [0.15, 0.2) is 34.2 Å². The average molecular weight is 560 g/mol. The zero-order chi connectivity index (χ0) is 24.5. The molecule has 186 valence electrons. The molecule has 2 bridgehead atoms. The van der Waals surface area contributed by atoms with Gasteiger partial charge in [0.15, 0.2) is 9.56 Å². The highest BCUT2D eigenvalue weighted by Crippen LogP contribution is 2.41. The molecule has 1 N–H and O–H groups in total. The van der Waals surface area contributed by atoms with Crippen LogP contribution < -0.4 is 10.1 Å². The number of hydrogen-bond acceptors (Lipinski definition) is 5. The zero-order valence-corrected chi connectivity index (χ0v) is 22.5. The minimum atomic E-state index is 0.0200. The molecule has 1 aliphatic carbocycles. The Bertz CT molecular complexity index is 1210. The molecule has 3 atom stereocenters. The van der Waals surface area contributed by atoms with E-state index in [1.54, 1.807) is 7.11 Å². The second-order valence-corrected chi connectivity index (χ2v) is 11.9. The molecule has 1 unspecified atom stereocenters. The van der Waals surface area contributed by atoms with Crippen molar-refractivity contribution in [1.82, 2.24) is 19.8 Å². The summed E-state index contributed by atoms with van der Waals surface area (Å²) in [5.74, 6) is 1.47. The number of hydrogen-bond donors (Lipinski definition) is 1. The number of benzene rings is 1. The van der Waals surface area contributed by atoms with Crippen LogP contribution in [0.2, 0.25) is 0 Å². The van der Waals surface area contributed by atoms with E-state index in [1.807, 2.05) is 39.8 Å². The number of fused-ring (bicyclic) bond motifs is 3. The molecule has 3 heterocycles. The van der Waals surface area contributed by atoms with Crippen LogP contribution in [0.5, 0.6) is 5.75 Å². The zero-order valence-electron chi connectivity index (χ0n) is 20.1. The third-order valence-corrected chi connectivity index (χ3v) is 8.80. The summed E-state index contributed by atoms with van der Waals surface area (Å²) in [6.07, 6.45) is 4.07. The molecule has 1 saturated carbocycles. The number of nitrogens with zero attached hydrogens (tertiary/aromatic N) is 3. The SMILES string of the molecule is CCCNC(=O)C1[C@@H]2CCC[C@H]1CN(C(=O)c1cc3sc(Br)nc3n1Cc1ccc(OC)cc1)C2. The van der Waals surface area contributed by atoms with Crippen LogP contribution in [0.4, 0.5) is 0 Å². The first kappa shape index (κ1) is 24.3. The molecule has 2 aromatic heterocycles. The van der Waals surface area contributed by atoms with E-state index in [-0.39, 0.29) is 29.6 Å². The highest BCUT2D eigenvalue weighted by molar-refractivity contribution is 9.11. The third kappa shape index (κ3) is 4.85. The number of halogens is 1. The lowest BCUT2D eigenvalue weighted by molar-refractivity contribution is -0.132. The van der Waals surface area contributed by atoms with Crippen molar-refractivity contribution in [2.45, 2.75) is 39.2 Å². The molecule has 35 heavy (non-hydrogen) atoms. The van der Waals surface area contributed by atoms with Gasteiger partial charge in [0.25, 0.3) is 5.91 Å². The molecular formula is C26H31BrN4O3S. The van der Waals surface area contributed by atoms with Crippen molar-refractivity contribution in [3.05, 3.63) is 45.5 Å². The molecule has 0 radical (unpaired) electrons. The Morgan fingerprint density at radius 1 is 1.20 bits per heavy atom. The normalized spacial score (nSPS) is 21.8. The van der Waals surface area contributed by atoms with Crippen LogP contribution in [0.25, 0.3) is 10.3 Å². The maximum atomic E-state index is 13.9. The summed E-state index contributed by atoms with van der Waals surface area (Å²) in [6, 6.07) is 9.88. The third-order valence-electron chi connectivity index (χ3n) is 7.36. The smallest absolute Gasteiger partial charge is 0.270 e. The number of aromatic nitrogens is 2. The Morgan fingerprint density at radius 3 is 2.57 bits per heavy atom. The highest BCUT2D eigenvalue weighted by atomic mass is 79.9. The molecule has 0 spiro atoms. The van der Waals surface area contributed by atoms with Gasteiger partial charge in [-0.25, -0.2) is 4.98 Å². The molecule has 1 aliphatic heterocycles. The second kappa shape index (κ2) is 10.3. The van der Waals surface area contributed by atoms with Crippen molar-refractivity contribution in [3.63, 3.8) is 0 Å². The van der Waals surface area contributed by atoms with E-state index in [9.17, 15) is 9.59 Å². The number of carbonyl (C=O) groups excluding carboxylic acids is 2. The Balaban J connectivity index is 1.41. The van der Waals surface area contributed by atoms with Crippen molar-refractivity contribution in [2.24, 2.45) is 17.8 Å². The van der Waals surface area contributed by atoms with Crippen LogP contribution in [0.3, 0.4) is 0 Å². The number of likely N-dealkylation sites (tertiary alicyclic amines) is 1. The number of amides is 2. The Labute approximate surface area is 218 Å². The van der Waals surface area contributed by atoms with E-state index >= 15 is 0 Å². The largest absolute Gasteiger partial charge is 0.497 e. The van der Waals surface area contributed by atoms with Gasteiger partial charge >= 0.3 is 0 Å². The van der Waals surface area contributed by atoms with Gasteiger partial charge in [0.05, 0.1) is 11.8 Å². The Morgan fingerprint density at radius 2 is 1.91 bits per heavy atom. The van der Waals surface area contributed by atoms with E-state index in [0.717, 1.165) is 57.8 Å². The summed E-state index contributed by atoms with van der Waals surface area (Å²) >= 11 is 5.03. The van der Waals surface area contributed by atoms with Crippen molar-refractivity contribution in [2.75, 3.05) is 26.7 Å². The number of ether oxygens (including phenoxy) is 1. The minimum absolute atomic E-state index is 0.0200. The standard InChI is InChI=1S/C26H31BrN4O3S/c1-3-11-28-24(32)22-17-5-4-6-18(22)15-30(14-17)25(33)20-12-21-23(29-26(27)35-21)31(20)13-16-7-9-19(34-2)10-8-16/h7-10,12,17-18,22H,3-6,11,13-15H2,1-2H3,(H,28,32)/t17-,18+,22?. The Kier molecular flexibility index (Phi) is 7.16. The first-order valence-corrected chi connectivity index (χ1v) is 13.9. The number of nitrogens with one attached hydrogen (secondary N) is 1. The predicted molar refractivity (Wildman–Crippen MR) is 141 cm³/mol. The van der Waals surface area contributed by atoms with Crippen LogP contribution in [-0.4, -0.2) is 53.0 Å². The van der Waals surface area contributed by atoms with Gasteiger partial charge in [0.1, 0.15) is 11.4 Å². The van der Waals surface area contributed by atoms with E-state index in [0.29, 0.717) is 25.3 Å². The van der Waals surface area contributed by atoms with E-state index in [4.69, 9.17) is 4.74 Å². The number of thiazole rings is 1. The summed E-state index contributed by atoms with van der Waals surface area (Å²) < 4.78 is 9.11. The topological polar surface area (TPSA) is 76.5 Å². The van der Waals surface area contributed by atoms with Crippen molar-refractivity contribution >= 4 is 49.4 Å². The first-order chi connectivity index (χ1) is 17.0. The first-order valence-electron chi connectivity index (χ1n) is 12.3. The molecule has 5 rings (SSSR count). The molecular weight excluding hydrogens is 528 g/mol. The number of methoxy groups -OCH3 is 1. The van der Waals surface area contributed by atoms with E-state index < -0.39 is 0 Å². The van der Waals surface area contributed by atoms with Crippen LogP contribution in [0, 0.1) is 17.8 Å². The minimum Gasteiger partial charge on any atom is -0.497 e. The fourth-order valence-corrected chi connectivity index (χ4v) is 7.13. The lowest BCUT2D eigenvalue weighted by Crippen LogP contribution is -2.55. The maximum absolute atomic E-state index is 13.9. The van der Waals surface area contributed by atoms with Gasteiger partial charge < -0.3 is 19.5 Å². The van der Waals surface area contributed by atoms with Gasteiger partial charge in [-0.3, -0.25) is 9.59 Å². The highest BCUT2D eigenvalue weighted by Gasteiger charge is 2.44. The monoisotopic (exact) mass is 558 g/mol. The van der Waals surface area contributed by atoms with Gasteiger partial charge in [0, 0.05) is 32.1 Å². The van der Waals surface area contributed by atoms with Crippen molar-refractivity contribution in [1.29, 1.82) is 0 Å². The maximum Gasteiger partial charge on any atom is 0.270 e. The summed E-state index contributed by atoms with van der Waals surface area (Å²) in [6.45, 7) is 4.61. The van der Waals surface area contributed by atoms with Crippen LogP contribution >= 0.6 is 27.3 Å². The molecule has 1 aromatic carbocycles. The molecule has 7 nitrogen and oxygen atoms in total. The van der Waals surface area contributed by atoms with Crippen LogP contribution in [-0.2, 0) is 11.3 Å². The van der Waals surface area contributed by atoms with Gasteiger partial charge in [-0.15, -0.1) is 11.3 Å². The van der Waals surface area contributed by atoms with Gasteiger partial charge in [-0.1, -0.05) is 25.5 Å². The van der Waals surface area contributed by atoms with Crippen LogP contribution in [0.1, 0.15) is 48.7 Å². The fraction of sp³-hybridized carbons (Fsp3) is 0.500. The van der Waals surface area contributed by atoms with E-state index in [2.05, 4.69) is 33.2 Å². The lowest BCUT2D eigenvalue weighted by atomic mass is 9.68. The summed E-state index contributed by atoms with van der Waals surface area (Å²) in [5, 5.41) is 3.10. The number of rotatable bonds is 7. The van der Waals surface area contributed by atoms with E-state index in [1.165, 1.54) is 11.3 Å². The van der Waals surface area contributed by atoms with Gasteiger partial charge in [0.2, 0.25) is 5.91 Å². The molecule has 9 heteroatoms. The fourth-order valence-electron chi connectivity index (χ4n) is 5.71. The summed E-state index contributed by atoms with van der Waals surface area (Å²) in [7, 11) is 1.65. The molecule has 2 aliphatic rings. The predicted octanol–water partition coefficient (Wildman–Crippen LogP) is 4.93. The summed E-state index contributed by atoms with van der Waals surface area (Å²) in [5.41, 5.74) is 2.55. The molecule has 2 fully saturated rings. The molecule has 2 amide bonds. The van der Waals surface area contributed by atoms with Crippen molar-refractivity contribution in [3.8, 4) is 5.75 Å². The molecule has 1 saturated heterocycles. The molecule has 3 aromatic rings. The number of piperidine rings is 1. The second-order valence-electron chi connectivity index (χ2n) is 9.60. The van der Waals surface area contributed by atoms with Gasteiger partial charge in [-0.2, -0.15) is 0 Å². The number of carbonyl (C=O) groups is 2. The summed E-state index contributed by atoms with van der Waals surface area (Å²) in [4.78, 5) is 33.4. The van der Waals surface area contributed by atoms with Crippen molar-refractivity contribution < 1.29 is 14.3 Å².